The molecule has 1 aromatic carbocycles. The molecular formula is C22H24F3N5O. The van der Waals surface area contributed by atoms with E-state index in [1.54, 1.807) is 17.4 Å². The number of aryl methyl sites for hydroxylation is 1. The van der Waals surface area contributed by atoms with E-state index in [-0.39, 0.29) is 24.7 Å². The van der Waals surface area contributed by atoms with Crippen LogP contribution >= 0.6 is 0 Å². The smallest absolute Gasteiger partial charge is 0.334 e. The zero-order chi connectivity index (χ0) is 22.0. The van der Waals surface area contributed by atoms with E-state index < -0.39 is 12.6 Å². The first kappa shape index (κ1) is 21.4. The van der Waals surface area contributed by atoms with Gasteiger partial charge in [-0.25, -0.2) is 4.98 Å². The van der Waals surface area contributed by atoms with Gasteiger partial charge in [0.25, 0.3) is 0 Å². The number of Topliss-reactive ketones (excluding diaryl/α,β-unsaturated/α-hetero) is 1. The SMILES string of the molecule is Cn1cncc1-c1ccc2nnc(CC(=O)C3CCN(CCC(F)(F)F)CC3)cc2c1. The number of fused-ring (bicyclic) bond motifs is 1. The molecule has 0 unspecified atom stereocenters. The van der Waals surface area contributed by atoms with Crippen molar-refractivity contribution < 1.29 is 18.0 Å². The molecule has 0 N–H and O–H groups in total. The summed E-state index contributed by atoms with van der Waals surface area (Å²) in [6.07, 6.45) is -0.0575. The molecule has 3 heterocycles. The molecular weight excluding hydrogens is 407 g/mol. The largest absolute Gasteiger partial charge is 0.390 e. The second-order valence-corrected chi connectivity index (χ2v) is 8.12. The second-order valence-electron chi connectivity index (χ2n) is 8.12. The number of piperidine rings is 1. The van der Waals surface area contributed by atoms with Crippen molar-refractivity contribution in [2.45, 2.75) is 31.9 Å². The average Bonchev–Trinajstić information content (AvgIpc) is 3.17. The summed E-state index contributed by atoms with van der Waals surface area (Å²) >= 11 is 0. The number of ketones is 1. The van der Waals surface area contributed by atoms with E-state index in [1.165, 1.54) is 0 Å². The van der Waals surface area contributed by atoms with Crippen molar-refractivity contribution in [2.24, 2.45) is 13.0 Å². The van der Waals surface area contributed by atoms with Crippen LogP contribution in [0.2, 0.25) is 0 Å². The van der Waals surface area contributed by atoms with Crippen LogP contribution in [0.15, 0.2) is 36.8 Å². The molecule has 0 atom stereocenters. The maximum atomic E-state index is 12.7. The van der Waals surface area contributed by atoms with Crippen molar-refractivity contribution >= 4 is 16.7 Å². The fourth-order valence-corrected chi connectivity index (χ4v) is 4.06. The summed E-state index contributed by atoms with van der Waals surface area (Å²) in [6, 6.07) is 7.76. The zero-order valence-corrected chi connectivity index (χ0v) is 17.3. The standard InChI is InChI=1S/C22H24F3N5O/c1-29-14-26-13-20(29)16-2-3-19-17(10-16)11-18(27-28-19)12-21(31)15-4-7-30(8-5-15)9-6-22(23,24)25/h2-3,10-11,13-15H,4-9,12H2,1H3. The lowest BCUT2D eigenvalue weighted by Gasteiger charge is -2.31. The van der Waals surface area contributed by atoms with Crippen molar-refractivity contribution in [1.29, 1.82) is 0 Å². The summed E-state index contributed by atoms with van der Waals surface area (Å²) in [6.45, 7) is 1.04. The van der Waals surface area contributed by atoms with Crippen molar-refractivity contribution in [1.82, 2.24) is 24.6 Å². The van der Waals surface area contributed by atoms with Crippen LogP contribution in [0.3, 0.4) is 0 Å². The molecule has 164 valence electrons. The van der Waals surface area contributed by atoms with E-state index in [1.807, 2.05) is 35.9 Å². The number of imidazole rings is 1. The van der Waals surface area contributed by atoms with E-state index in [0.717, 1.165) is 22.2 Å². The third-order valence-corrected chi connectivity index (χ3v) is 5.86. The van der Waals surface area contributed by atoms with Crippen LogP contribution < -0.4 is 0 Å². The van der Waals surface area contributed by atoms with Crippen molar-refractivity contribution in [3.63, 3.8) is 0 Å². The predicted molar refractivity (Wildman–Crippen MR) is 110 cm³/mol. The number of benzene rings is 1. The van der Waals surface area contributed by atoms with E-state index >= 15 is 0 Å². The van der Waals surface area contributed by atoms with E-state index in [0.29, 0.717) is 31.6 Å². The Kier molecular flexibility index (Phi) is 6.04. The quantitative estimate of drug-likeness (QED) is 0.594. The fourth-order valence-electron chi connectivity index (χ4n) is 4.06. The molecule has 0 spiro atoms. The molecule has 6 nitrogen and oxygen atoms in total. The maximum absolute atomic E-state index is 12.7. The first-order valence-electron chi connectivity index (χ1n) is 10.3. The molecule has 2 aromatic heterocycles. The topological polar surface area (TPSA) is 63.9 Å². The minimum atomic E-state index is -4.14. The Morgan fingerprint density at radius 2 is 1.94 bits per heavy atom. The molecule has 1 aliphatic rings. The van der Waals surface area contributed by atoms with Gasteiger partial charge in [-0.2, -0.15) is 23.4 Å². The number of aromatic nitrogens is 4. The zero-order valence-electron chi connectivity index (χ0n) is 17.3. The van der Waals surface area contributed by atoms with Gasteiger partial charge in [0.15, 0.2) is 0 Å². The number of alkyl halides is 3. The third kappa shape index (κ3) is 5.28. The number of likely N-dealkylation sites (tertiary alicyclic amines) is 1. The minimum absolute atomic E-state index is 0.000439. The first-order chi connectivity index (χ1) is 14.8. The van der Waals surface area contributed by atoms with Crippen LogP contribution in [0.5, 0.6) is 0 Å². The molecule has 9 heteroatoms. The Bertz CT molecular complexity index is 1070. The molecule has 0 radical (unpaired) electrons. The molecule has 1 fully saturated rings. The van der Waals surface area contributed by atoms with Gasteiger partial charge in [-0.15, -0.1) is 0 Å². The van der Waals surface area contributed by atoms with Crippen LogP contribution in [0.4, 0.5) is 13.2 Å². The number of rotatable bonds is 6. The summed E-state index contributed by atoms with van der Waals surface area (Å²) in [4.78, 5) is 18.7. The van der Waals surface area contributed by atoms with Crippen LogP contribution in [-0.4, -0.2) is 56.2 Å². The van der Waals surface area contributed by atoms with Gasteiger partial charge in [-0.3, -0.25) is 4.79 Å². The van der Waals surface area contributed by atoms with Gasteiger partial charge in [-0.05, 0) is 44.1 Å². The van der Waals surface area contributed by atoms with Gasteiger partial charge in [0, 0.05) is 30.5 Å². The highest BCUT2D eigenvalue weighted by molar-refractivity contribution is 5.86. The maximum Gasteiger partial charge on any atom is 0.390 e. The Hall–Kier alpha value is -2.81. The summed E-state index contributed by atoms with van der Waals surface area (Å²) < 4.78 is 39.1. The molecule has 0 amide bonds. The Morgan fingerprint density at radius 1 is 1.16 bits per heavy atom. The normalized spacial score (nSPS) is 16.1. The van der Waals surface area contributed by atoms with Crippen molar-refractivity contribution in [3.05, 3.63) is 42.5 Å². The molecule has 3 aromatic rings. The predicted octanol–water partition coefficient (Wildman–Crippen LogP) is 3.81. The monoisotopic (exact) mass is 431 g/mol. The molecule has 4 rings (SSSR count). The van der Waals surface area contributed by atoms with Gasteiger partial charge < -0.3 is 9.47 Å². The molecule has 0 saturated carbocycles. The number of carbonyl (C=O) groups excluding carboxylic acids is 1. The number of carbonyl (C=O) groups is 1. The number of nitrogens with zero attached hydrogens (tertiary/aromatic N) is 5. The van der Waals surface area contributed by atoms with Crippen LogP contribution in [0, 0.1) is 5.92 Å². The van der Waals surface area contributed by atoms with Gasteiger partial charge >= 0.3 is 6.18 Å². The average molecular weight is 431 g/mol. The van der Waals surface area contributed by atoms with Gasteiger partial charge in [-0.1, -0.05) is 6.07 Å². The fraction of sp³-hybridized carbons (Fsp3) is 0.455. The number of halogens is 3. The summed E-state index contributed by atoms with van der Waals surface area (Å²) in [5.41, 5.74) is 3.34. The number of hydrogen-bond acceptors (Lipinski definition) is 5. The summed E-state index contributed by atoms with van der Waals surface area (Å²) in [5.74, 6) is -0.0627. The lowest BCUT2D eigenvalue weighted by atomic mass is 9.90. The van der Waals surface area contributed by atoms with Crippen LogP contribution in [0.1, 0.15) is 25.0 Å². The second kappa shape index (κ2) is 8.74. The van der Waals surface area contributed by atoms with Gasteiger partial charge in [0.1, 0.15) is 5.78 Å². The Morgan fingerprint density at radius 3 is 2.61 bits per heavy atom. The third-order valence-electron chi connectivity index (χ3n) is 5.86. The first-order valence-corrected chi connectivity index (χ1v) is 10.3. The van der Waals surface area contributed by atoms with Crippen molar-refractivity contribution in [2.75, 3.05) is 19.6 Å². The van der Waals surface area contributed by atoms with Gasteiger partial charge in [0.2, 0.25) is 0 Å². The summed E-state index contributed by atoms with van der Waals surface area (Å²) in [7, 11) is 1.93. The molecule has 1 aliphatic heterocycles. The van der Waals surface area contributed by atoms with Crippen molar-refractivity contribution in [3.8, 4) is 11.3 Å². The Balaban J connectivity index is 1.39. The lowest BCUT2D eigenvalue weighted by Crippen LogP contribution is -2.38. The lowest BCUT2D eigenvalue weighted by molar-refractivity contribution is -0.139. The Labute approximate surface area is 178 Å². The highest BCUT2D eigenvalue weighted by atomic mass is 19.4. The highest BCUT2D eigenvalue weighted by Crippen LogP contribution is 2.25. The van der Waals surface area contributed by atoms with E-state index in [4.69, 9.17) is 0 Å². The summed E-state index contributed by atoms with van der Waals surface area (Å²) in [5, 5.41) is 9.34. The van der Waals surface area contributed by atoms with Crippen LogP contribution in [-0.2, 0) is 18.3 Å². The molecule has 0 aliphatic carbocycles. The molecule has 1 saturated heterocycles. The van der Waals surface area contributed by atoms with E-state index in [2.05, 4.69) is 15.2 Å². The van der Waals surface area contributed by atoms with Crippen LogP contribution in [0.25, 0.3) is 22.2 Å². The van der Waals surface area contributed by atoms with Gasteiger partial charge in [0.05, 0.1) is 42.3 Å². The minimum Gasteiger partial charge on any atom is -0.334 e. The molecule has 31 heavy (non-hydrogen) atoms. The van der Waals surface area contributed by atoms with E-state index in [9.17, 15) is 18.0 Å². The highest BCUT2D eigenvalue weighted by Gasteiger charge is 2.30. The number of hydrogen-bond donors (Lipinski definition) is 0. The molecule has 0 bridgehead atoms.